The molecular formula is C18H19N3O5. The Balaban J connectivity index is 1.85. The number of carbonyl (C=O) groups excluding carboxylic acids is 2. The highest BCUT2D eigenvalue weighted by Gasteiger charge is 2.14. The average molecular weight is 357 g/mol. The standard InChI is InChI=1S/C18H19N3O5/c1-20(13-6-3-2-4-7-13)18(24)9-5-8-17(23)19-15-12-14(21(25)26)10-11-16(15)22/h2-4,6-7,10-12,22H,5,8-9H2,1H3,(H,19,23). The molecule has 0 saturated heterocycles. The number of amides is 2. The van der Waals surface area contributed by atoms with Crippen LogP contribution in [0.2, 0.25) is 0 Å². The normalized spacial score (nSPS) is 10.2. The number of rotatable bonds is 7. The van der Waals surface area contributed by atoms with Crippen LogP contribution in [0.1, 0.15) is 19.3 Å². The van der Waals surface area contributed by atoms with Crippen molar-refractivity contribution in [3.8, 4) is 5.75 Å². The maximum atomic E-state index is 12.1. The largest absolute Gasteiger partial charge is 0.506 e. The van der Waals surface area contributed by atoms with Crippen LogP contribution in [-0.4, -0.2) is 28.9 Å². The molecule has 2 amide bonds. The Bertz CT molecular complexity index is 808. The van der Waals surface area contributed by atoms with Gasteiger partial charge in [-0.3, -0.25) is 19.7 Å². The van der Waals surface area contributed by atoms with E-state index in [9.17, 15) is 24.8 Å². The van der Waals surface area contributed by atoms with Crippen molar-refractivity contribution < 1.29 is 19.6 Å². The van der Waals surface area contributed by atoms with Gasteiger partial charge in [-0.1, -0.05) is 18.2 Å². The smallest absolute Gasteiger partial charge is 0.271 e. The number of benzene rings is 2. The molecule has 0 aromatic heterocycles. The zero-order valence-electron chi connectivity index (χ0n) is 14.2. The van der Waals surface area contributed by atoms with Crippen molar-refractivity contribution in [3.05, 3.63) is 58.6 Å². The number of nitrogens with one attached hydrogen (secondary N) is 1. The molecule has 2 rings (SSSR count). The maximum Gasteiger partial charge on any atom is 0.271 e. The van der Waals surface area contributed by atoms with Gasteiger partial charge >= 0.3 is 0 Å². The number of nitro groups is 1. The number of para-hydroxylation sites is 1. The Hall–Kier alpha value is -3.42. The van der Waals surface area contributed by atoms with E-state index in [4.69, 9.17) is 0 Å². The van der Waals surface area contributed by atoms with E-state index in [1.54, 1.807) is 7.05 Å². The highest BCUT2D eigenvalue weighted by Crippen LogP contribution is 2.28. The number of hydrogen-bond acceptors (Lipinski definition) is 5. The second-order valence-corrected chi connectivity index (χ2v) is 5.65. The molecule has 0 bridgehead atoms. The first-order valence-electron chi connectivity index (χ1n) is 7.97. The van der Waals surface area contributed by atoms with Crippen LogP contribution in [0.5, 0.6) is 5.75 Å². The van der Waals surface area contributed by atoms with Gasteiger partial charge < -0.3 is 15.3 Å². The summed E-state index contributed by atoms with van der Waals surface area (Å²) in [4.78, 5) is 35.7. The molecule has 8 heteroatoms. The maximum absolute atomic E-state index is 12.1. The van der Waals surface area contributed by atoms with E-state index in [1.165, 1.54) is 4.90 Å². The third kappa shape index (κ3) is 5.04. The molecular weight excluding hydrogens is 338 g/mol. The Morgan fingerprint density at radius 1 is 1.15 bits per heavy atom. The fraction of sp³-hybridized carbons (Fsp3) is 0.222. The summed E-state index contributed by atoms with van der Waals surface area (Å²) in [6.45, 7) is 0. The summed E-state index contributed by atoms with van der Waals surface area (Å²) >= 11 is 0. The first-order chi connectivity index (χ1) is 12.4. The van der Waals surface area contributed by atoms with Gasteiger partial charge in [0.1, 0.15) is 5.75 Å². The molecule has 2 N–H and O–H groups in total. The number of anilines is 2. The predicted molar refractivity (Wildman–Crippen MR) is 97.1 cm³/mol. The molecule has 0 aliphatic heterocycles. The van der Waals surface area contributed by atoms with Gasteiger partial charge in [0.25, 0.3) is 5.69 Å². The van der Waals surface area contributed by atoms with Gasteiger partial charge in [-0.2, -0.15) is 0 Å². The van der Waals surface area contributed by atoms with Crippen LogP contribution in [0.3, 0.4) is 0 Å². The summed E-state index contributed by atoms with van der Waals surface area (Å²) < 4.78 is 0. The van der Waals surface area contributed by atoms with Crippen molar-refractivity contribution >= 4 is 28.9 Å². The van der Waals surface area contributed by atoms with Crippen molar-refractivity contribution in [3.63, 3.8) is 0 Å². The van der Waals surface area contributed by atoms with Crippen molar-refractivity contribution in [1.29, 1.82) is 0 Å². The quantitative estimate of drug-likeness (QED) is 0.449. The van der Waals surface area contributed by atoms with Gasteiger partial charge in [0.05, 0.1) is 10.6 Å². The molecule has 8 nitrogen and oxygen atoms in total. The number of non-ortho nitro benzene ring substituents is 1. The summed E-state index contributed by atoms with van der Waals surface area (Å²) in [6, 6.07) is 12.5. The highest BCUT2D eigenvalue weighted by molar-refractivity contribution is 5.94. The molecule has 2 aromatic rings. The van der Waals surface area contributed by atoms with Gasteiger partial charge in [0, 0.05) is 37.7 Å². The van der Waals surface area contributed by atoms with Crippen LogP contribution in [-0.2, 0) is 9.59 Å². The van der Waals surface area contributed by atoms with Gasteiger partial charge in [0.15, 0.2) is 0 Å². The third-order valence-electron chi connectivity index (χ3n) is 3.78. The van der Waals surface area contributed by atoms with E-state index < -0.39 is 10.8 Å². The SMILES string of the molecule is CN(C(=O)CCCC(=O)Nc1cc([N+](=O)[O-])ccc1O)c1ccccc1. The summed E-state index contributed by atoms with van der Waals surface area (Å²) in [7, 11) is 1.67. The van der Waals surface area contributed by atoms with Crippen LogP contribution in [0, 0.1) is 10.1 Å². The highest BCUT2D eigenvalue weighted by atomic mass is 16.6. The molecule has 136 valence electrons. The molecule has 26 heavy (non-hydrogen) atoms. The topological polar surface area (TPSA) is 113 Å². The van der Waals surface area contributed by atoms with Crippen LogP contribution in [0.4, 0.5) is 17.1 Å². The Morgan fingerprint density at radius 3 is 2.50 bits per heavy atom. The molecule has 0 spiro atoms. The molecule has 0 aliphatic rings. The molecule has 0 aliphatic carbocycles. The fourth-order valence-corrected chi connectivity index (χ4v) is 2.31. The van der Waals surface area contributed by atoms with Crippen LogP contribution < -0.4 is 10.2 Å². The van der Waals surface area contributed by atoms with Gasteiger partial charge in [-0.25, -0.2) is 0 Å². The number of nitro benzene ring substituents is 1. The molecule has 0 heterocycles. The minimum atomic E-state index is -0.618. The second-order valence-electron chi connectivity index (χ2n) is 5.65. The number of phenolic OH excluding ortho intramolecular Hbond substituents is 1. The van der Waals surface area contributed by atoms with E-state index >= 15 is 0 Å². The lowest BCUT2D eigenvalue weighted by Gasteiger charge is -2.17. The third-order valence-corrected chi connectivity index (χ3v) is 3.78. The summed E-state index contributed by atoms with van der Waals surface area (Å²) in [5.41, 5.74) is 0.498. The summed E-state index contributed by atoms with van der Waals surface area (Å²) in [5, 5.41) is 22.8. The zero-order chi connectivity index (χ0) is 19.1. The first kappa shape index (κ1) is 18.9. The summed E-state index contributed by atoms with van der Waals surface area (Å²) in [6.07, 6.45) is 0.549. The van der Waals surface area contributed by atoms with Gasteiger partial charge in [-0.15, -0.1) is 0 Å². The minimum absolute atomic E-state index is 0.0306. The van der Waals surface area contributed by atoms with E-state index in [2.05, 4.69) is 5.32 Å². The molecule has 0 unspecified atom stereocenters. The van der Waals surface area contributed by atoms with Crippen molar-refractivity contribution in [2.24, 2.45) is 0 Å². The van der Waals surface area contributed by atoms with Crippen molar-refractivity contribution in [2.75, 3.05) is 17.3 Å². The second kappa shape index (κ2) is 8.61. The predicted octanol–water partition coefficient (Wildman–Crippen LogP) is 3.07. The molecule has 0 atom stereocenters. The molecule has 0 saturated carbocycles. The number of hydrogen-bond donors (Lipinski definition) is 2. The molecule has 2 aromatic carbocycles. The number of nitrogens with zero attached hydrogens (tertiary/aromatic N) is 2. The van der Waals surface area contributed by atoms with Crippen LogP contribution in [0.15, 0.2) is 48.5 Å². The Morgan fingerprint density at radius 2 is 1.85 bits per heavy atom. The molecule has 0 fully saturated rings. The lowest BCUT2D eigenvalue weighted by Crippen LogP contribution is -2.26. The monoisotopic (exact) mass is 357 g/mol. The Labute approximate surface area is 150 Å². The number of aromatic hydroxyl groups is 1. The van der Waals surface area contributed by atoms with Crippen molar-refractivity contribution in [2.45, 2.75) is 19.3 Å². The number of phenols is 1. The minimum Gasteiger partial charge on any atom is -0.506 e. The first-order valence-corrected chi connectivity index (χ1v) is 7.97. The van der Waals surface area contributed by atoms with Gasteiger partial charge in [0.2, 0.25) is 11.8 Å². The average Bonchev–Trinajstić information content (AvgIpc) is 2.63. The molecule has 0 radical (unpaired) electrons. The van der Waals surface area contributed by atoms with E-state index in [0.29, 0.717) is 6.42 Å². The fourth-order valence-electron chi connectivity index (χ4n) is 2.31. The van der Waals surface area contributed by atoms with Crippen LogP contribution in [0.25, 0.3) is 0 Å². The van der Waals surface area contributed by atoms with E-state index in [0.717, 1.165) is 23.9 Å². The Kier molecular flexibility index (Phi) is 6.26. The zero-order valence-corrected chi connectivity index (χ0v) is 14.2. The summed E-state index contributed by atoms with van der Waals surface area (Å²) in [5.74, 6) is -0.818. The lowest BCUT2D eigenvalue weighted by molar-refractivity contribution is -0.384. The number of carbonyl (C=O) groups is 2. The van der Waals surface area contributed by atoms with Crippen molar-refractivity contribution in [1.82, 2.24) is 0 Å². The lowest BCUT2D eigenvalue weighted by atomic mass is 10.2. The van der Waals surface area contributed by atoms with Gasteiger partial charge in [-0.05, 0) is 24.6 Å². The van der Waals surface area contributed by atoms with E-state index in [-0.39, 0.29) is 35.9 Å². The van der Waals surface area contributed by atoms with E-state index in [1.807, 2.05) is 30.3 Å². The van der Waals surface area contributed by atoms with Crippen LogP contribution >= 0.6 is 0 Å².